The average molecular weight is 326 g/mol. The minimum Gasteiger partial charge on any atom is -0.342 e. The van der Waals surface area contributed by atoms with Gasteiger partial charge in [-0.05, 0) is 42.9 Å². The first-order chi connectivity index (χ1) is 10.9. The van der Waals surface area contributed by atoms with Crippen LogP contribution in [0.1, 0.15) is 30.4 Å². The highest BCUT2D eigenvalue weighted by molar-refractivity contribution is 5.79. The normalized spacial score (nSPS) is 20.9. The van der Waals surface area contributed by atoms with E-state index in [0.29, 0.717) is 18.5 Å². The van der Waals surface area contributed by atoms with Crippen LogP contribution in [0.5, 0.6) is 0 Å². The molecule has 0 unspecified atom stereocenters. The van der Waals surface area contributed by atoms with Crippen molar-refractivity contribution in [3.05, 3.63) is 35.4 Å². The number of alkyl halides is 3. The molecule has 1 aromatic rings. The first-order valence-electron chi connectivity index (χ1n) is 8.03. The van der Waals surface area contributed by atoms with E-state index in [1.165, 1.54) is 12.1 Å². The van der Waals surface area contributed by atoms with E-state index in [1.54, 1.807) is 11.0 Å². The highest BCUT2D eigenvalue weighted by Gasteiger charge is 2.38. The highest BCUT2D eigenvalue weighted by atomic mass is 19.4. The number of piperidine rings is 1. The molecule has 2 fully saturated rings. The Morgan fingerprint density at radius 3 is 2.48 bits per heavy atom. The van der Waals surface area contributed by atoms with Crippen molar-refractivity contribution in [3.8, 4) is 0 Å². The summed E-state index contributed by atoms with van der Waals surface area (Å²) in [6.07, 6.45) is -1.59. The number of amides is 1. The van der Waals surface area contributed by atoms with Gasteiger partial charge >= 0.3 is 6.18 Å². The second-order valence-electron chi connectivity index (χ2n) is 6.64. The molecule has 2 saturated heterocycles. The van der Waals surface area contributed by atoms with Gasteiger partial charge in [0, 0.05) is 19.6 Å². The number of nitrogens with one attached hydrogen (secondary N) is 1. The Bertz CT molecular complexity index is 569. The summed E-state index contributed by atoms with van der Waals surface area (Å²) in [5.74, 6) is -0.206. The van der Waals surface area contributed by atoms with E-state index in [1.807, 2.05) is 0 Å². The Balaban J connectivity index is 1.64. The number of benzene rings is 1. The summed E-state index contributed by atoms with van der Waals surface area (Å²) in [6.45, 7) is 3.31. The molecule has 2 aliphatic rings. The third-order valence-corrected chi connectivity index (χ3v) is 5.17. The average Bonchev–Trinajstić information content (AvgIpc) is 2.95. The lowest BCUT2D eigenvalue weighted by molar-refractivity contribution is -0.139. The van der Waals surface area contributed by atoms with Crippen LogP contribution >= 0.6 is 0 Å². The molecule has 1 N–H and O–H groups in total. The third kappa shape index (κ3) is 3.52. The molecule has 0 aromatic heterocycles. The molecule has 3 nitrogen and oxygen atoms in total. The lowest BCUT2D eigenvalue weighted by Crippen LogP contribution is -2.44. The molecule has 6 heteroatoms. The van der Waals surface area contributed by atoms with E-state index in [0.717, 1.165) is 38.4 Å². The lowest BCUT2D eigenvalue weighted by Gasteiger charge is -2.39. The number of carbonyl (C=O) groups is 1. The maximum Gasteiger partial charge on any atom is 0.416 e. The quantitative estimate of drug-likeness (QED) is 0.906. The van der Waals surface area contributed by atoms with Gasteiger partial charge in [-0.3, -0.25) is 4.79 Å². The molecule has 23 heavy (non-hydrogen) atoms. The fourth-order valence-electron chi connectivity index (χ4n) is 3.68. The summed E-state index contributed by atoms with van der Waals surface area (Å²) in [5.41, 5.74) is -0.352. The molecule has 126 valence electrons. The van der Waals surface area contributed by atoms with Crippen LogP contribution in [0, 0.1) is 5.41 Å². The van der Waals surface area contributed by atoms with E-state index in [-0.39, 0.29) is 17.9 Å². The lowest BCUT2D eigenvalue weighted by atomic mass is 9.78. The molecule has 1 aromatic carbocycles. The topological polar surface area (TPSA) is 32.3 Å². The molecule has 0 atom stereocenters. The van der Waals surface area contributed by atoms with Crippen LogP contribution in [0.3, 0.4) is 0 Å². The van der Waals surface area contributed by atoms with E-state index in [4.69, 9.17) is 0 Å². The second kappa shape index (κ2) is 6.15. The monoisotopic (exact) mass is 326 g/mol. The Hall–Kier alpha value is -1.56. The fourth-order valence-corrected chi connectivity index (χ4v) is 3.68. The highest BCUT2D eigenvalue weighted by Crippen LogP contribution is 2.37. The van der Waals surface area contributed by atoms with Crippen molar-refractivity contribution in [1.82, 2.24) is 10.2 Å². The zero-order valence-electron chi connectivity index (χ0n) is 13.0. The van der Waals surface area contributed by atoms with Crippen LogP contribution in [0.2, 0.25) is 0 Å². The van der Waals surface area contributed by atoms with Crippen LogP contribution in [-0.4, -0.2) is 37.0 Å². The van der Waals surface area contributed by atoms with Crippen molar-refractivity contribution in [3.63, 3.8) is 0 Å². The number of rotatable bonds is 2. The number of likely N-dealkylation sites (tertiary alicyclic amines) is 1. The molecule has 1 amide bonds. The molecular weight excluding hydrogens is 305 g/mol. The zero-order valence-corrected chi connectivity index (χ0v) is 13.0. The van der Waals surface area contributed by atoms with Gasteiger partial charge in [0.05, 0.1) is 12.0 Å². The van der Waals surface area contributed by atoms with Crippen molar-refractivity contribution in [2.75, 3.05) is 26.2 Å². The van der Waals surface area contributed by atoms with Crippen LogP contribution < -0.4 is 5.32 Å². The van der Waals surface area contributed by atoms with E-state index in [9.17, 15) is 18.0 Å². The Morgan fingerprint density at radius 2 is 1.87 bits per heavy atom. The number of carbonyl (C=O) groups excluding carboxylic acids is 1. The summed E-state index contributed by atoms with van der Waals surface area (Å²) in [7, 11) is 0. The van der Waals surface area contributed by atoms with Crippen LogP contribution in [-0.2, 0) is 17.4 Å². The number of hydrogen-bond donors (Lipinski definition) is 1. The number of hydrogen-bond acceptors (Lipinski definition) is 2. The fraction of sp³-hybridized carbons (Fsp3) is 0.588. The van der Waals surface area contributed by atoms with Crippen LogP contribution in [0.25, 0.3) is 0 Å². The van der Waals surface area contributed by atoms with Crippen LogP contribution in [0.4, 0.5) is 13.2 Å². The molecule has 2 heterocycles. The van der Waals surface area contributed by atoms with Crippen molar-refractivity contribution < 1.29 is 18.0 Å². The maximum atomic E-state index is 13.0. The molecule has 3 rings (SSSR count). The smallest absolute Gasteiger partial charge is 0.342 e. The minimum absolute atomic E-state index is 0.0628. The predicted octanol–water partition coefficient (Wildman–Crippen LogP) is 2.85. The zero-order chi connectivity index (χ0) is 16.5. The predicted molar refractivity (Wildman–Crippen MR) is 80.9 cm³/mol. The van der Waals surface area contributed by atoms with E-state index < -0.39 is 11.7 Å². The molecule has 0 radical (unpaired) electrons. The van der Waals surface area contributed by atoms with Gasteiger partial charge in [-0.2, -0.15) is 13.2 Å². The van der Waals surface area contributed by atoms with E-state index >= 15 is 0 Å². The van der Waals surface area contributed by atoms with Crippen molar-refractivity contribution in [2.24, 2.45) is 5.41 Å². The summed E-state index contributed by atoms with van der Waals surface area (Å²) >= 11 is 0. The van der Waals surface area contributed by atoms with Gasteiger partial charge in [0.15, 0.2) is 0 Å². The Kier molecular flexibility index (Phi) is 4.36. The van der Waals surface area contributed by atoms with Crippen molar-refractivity contribution in [2.45, 2.75) is 31.9 Å². The number of nitrogens with zero attached hydrogens (tertiary/aromatic N) is 1. The van der Waals surface area contributed by atoms with Crippen LogP contribution in [0.15, 0.2) is 24.3 Å². The summed E-state index contributed by atoms with van der Waals surface area (Å²) in [4.78, 5) is 14.1. The van der Waals surface area contributed by atoms with Crippen molar-refractivity contribution >= 4 is 5.91 Å². The summed E-state index contributed by atoms with van der Waals surface area (Å²) in [6, 6.07) is 5.34. The Morgan fingerprint density at radius 1 is 1.17 bits per heavy atom. The number of halogens is 3. The molecule has 0 bridgehead atoms. The van der Waals surface area contributed by atoms with Gasteiger partial charge in [0.1, 0.15) is 0 Å². The van der Waals surface area contributed by atoms with Gasteiger partial charge in [0.25, 0.3) is 0 Å². The van der Waals surface area contributed by atoms with Gasteiger partial charge in [-0.25, -0.2) is 0 Å². The third-order valence-electron chi connectivity index (χ3n) is 5.17. The molecule has 2 aliphatic heterocycles. The van der Waals surface area contributed by atoms with Gasteiger partial charge in [-0.1, -0.05) is 18.2 Å². The molecule has 0 aliphatic carbocycles. The van der Waals surface area contributed by atoms with Gasteiger partial charge in [-0.15, -0.1) is 0 Å². The molecule has 0 saturated carbocycles. The van der Waals surface area contributed by atoms with Gasteiger partial charge < -0.3 is 10.2 Å². The largest absolute Gasteiger partial charge is 0.416 e. The second-order valence-corrected chi connectivity index (χ2v) is 6.64. The SMILES string of the molecule is O=C(Cc1ccccc1C(F)(F)F)N1CCC2(CCNC2)CC1. The van der Waals surface area contributed by atoms with Gasteiger partial charge in [0.2, 0.25) is 5.91 Å². The standard InChI is InChI=1S/C17H21F3N2O/c18-17(19,20)14-4-2-1-3-13(14)11-15(23)22-9-6-16(7-10-22)5-8-21-12-16/h1-4,21H,5-12H2. The van der Waals surface area contributed by atoms with Crippen molar-refractivity contribution in [1.29, 1.82) is 0 Å². The molecular formula is C17H21F3N2O. The maximum absolute atomic E-state index is 13.0. The Labute approximate surface area is 133 Å². The first-order valence-corrected chi connectivity index (χ1v) is 8.03. The summed E-state index contributed by atoms with van der Waals surface area (Å²) in [5, 5.41) is 3.36. The summed E-state index contributed by atoms with van der Waals surface area (Å²) < 4.78 is 39.0. The minimum atomic E-state index is -4.42. The molecule has 1 spiro atoms. The van der Waals surface area contributed by atoms with E-state index in [2.05, 4.69) is 5.32 Å². The first kappa shape index (κ1) is 16.3.